The third-order valence-electron chi connectivity index (χ3n) is 3.21. The van der Waals surface area contributed by atoms with Gasteiger partial charge < -0.3 is 10.5 Å². The van der Waals surface area contributed by atoms with Crippen molar-refractivity contribution in [2.45, 2.75) is 13.2 Å². The van der Waals surface area contributed by atoms with Crippen LogP contribution in [0.3, 0.4) is 0 Å². The minimum absolute atomic E-state index is 0.242. The molecule has 0 saturated heterocycles. The van der Waals surface area contributed by atoms with E-state index in [1.807, 2.05) is 18.2 Å². The van der Waals surface area contributed by atoms with Gasteiger partial charge in [0.05, 0.1) is 0 Å². The highest BCUT2D eigenvalue weighted by atomic mass is 35.5. The molecule has 0 aliphatic rings. The number of hydrogen-bond donors (Lipinski definition) is 1. The lowest BCUT2D eigenvalue weighted by Crippen LogP contribution is -2.02. The quantitative estimate of drug-likeness (QED) is 0.754. The molecule has 0 atom stereocenters. The van der Waals surface area contributed by atoms with Crippen molar-refractivity contribution in [1.29, 1.82) is 0 Å². The standard InChI is InChI=1S/C16H13ClFNOS/c17-10-3-1-4-11(7-10)20-9-12-15(8-19)21-14-6-2-5-13(18)16(12)14/h1-7H,8-9,19H2. The van der Waals surface area contributed by atoms with E-state index >= 15 is 0 Å². The lowest BCUT2D eigenvalue weighted by Gasteiger charge is -2.08. The molecule has 0 aliphatic heterocycles. The first-order chi connectivity index (χ1) is 10.2. The van der Waals surface area contributed by atoms with Crippen molar-refractivity contribution in [1.82, 2.24) is 0 Å². The zero-order valence-electron chi connectivity index (χ0n) is 11.1. The fourth-order valence-electron chi connectivity index (χ4n) is 2.25. The normalized spacial score (nSPS) is 11.0. The van der Waals surface area contributed by atoms with Gasteiger partial charge >= 0.3 is 0 Å². The first kappa shape index (κ1) is 14.3. The van der Waals surface area contributed by atoms with E-state index in [9.17, 15) is 4.39 Å². The number of ether oxygens (including phenoxy) is 1. The highest BCUT2D eigenvalue weighted by molar-refractivity contribution is 7.19. The minimum Gasteiger partial charge on any atom is -0.489 e. The van der Waals surface area contributed by atoms with Crippen molar-refractivity contribution in [2.75, 3.05) is 0 Å². The van der Waals surface area contributed by atoms with Gasteiger partial charge in [-0.05, 0) is 30.3 Å². The molecule has 1 aromatic heterocycles. The van der Waals surface area contributed by atoms with Gasteiger partial charge in [-0.2, -0.15) is 0 Å². The van der Waals surface area contributed by atoms with E-state index in [-0.39, 0.29) is 12.4 Å². The number of thiophene rings is 1. The maximum atomic E-state index is 14.1. The Labute approximate surface area is 130 Å². The van der Waals surface area contributed by atoms with Crippen molar-refractivity contribution in [3.05, 3.63) is 63.7 Å². The largest absolute Gasteiger partial charge is 0.489 e. The molecule has 2 nitrogen and oxygen atoms in total. The third-order valence-corrected chi connectivity index (χ3v) is 4.67. The van der Waals surface area contributed by atoms with Gasteiger partial charge in [0.25, 0.3) is 0 Å². The molecule has 0 aliphatic carbocycles. The summed E-state index contributed by atoms with van der Waals surface area (Å²) in [5.74, 6) is 0.411. The number of rotatable bonds is 4. The molecule has 2 N–H and O–H groups in total. The highest BCUT2D eigenvalue weighted by Gasteiger charge is 2.15. The molecule has 0 unspecified atom stereocenters. The molecule has 2 aromatic carbocycles. The van der Waals surface area contributed by atoms with Crippen LogP contribution >= 0.6 is 22.9 Å². The summed E-state index contributed by atoms with van der Waals surface area (Å²) in [7, 11) is 0. The summed E-state index contributed by atoms with van der Waals surface area (Å²) in [6.45, 7) is 0.640. The van der Waals surface area contributed by atoms with Crippen LogP contribution in [0.1, 0.15) is 10.4 Å². The van der Waals surface area contributed by atoms with Crippen LogP contribution < -0.4 is 10.5 Å². The molecule has 3 aromatic rings. The van der Waals surface area contributed by atoms with E-state index in [1.165, 1.54) is 17.4 Å². The van der Waals surface area contributed by atoms with Gasteiger partial charge in [-0.15, -0.1) is 11.3 Å². The van der Waals surface area contributed by atoms with Crippen LogP contribution in [0.5, 0.6) is 5.75 Å². The van der Waals surface area contributed by atoms with Gasteiger partial charge in [0, 0.05) is 32.1 Å². The molecule has 0 saturated carbocycles. The second-order valence-corrected chi connectivity index (χ2v) is 6.14. The Morgan fingerprint density at radius 2 is 2.00 bits per heavy atom. The molecule has 0 bridgehead atoms. The smallest absolute Gasteiger partial charge is 0.132 e. The van der Waals surface area contributed by atoms with Crippen LogP contribution in [-0.2, 0) is 13.2 Å². The maximum Gasteiger partial charge on any atom is 0.132 e. The topological polar surface area (TPSA) is 35.2 Å². The molecule has 0 radical (unpaired) electrons. The Hall–Kier alpha value is -1.62. The summed E-state index contributed by atoms with van der Waals surface area (Å²) in [5, 5.41) is 1.21. The molecule has 108 valence electrons. The van der Waals surface area contributed by atoms with Crippen LogP contribution in [0.4, 0.5) is 4.39 Å². The monoisotopic (exact) mass is 321 g/mol. The Morgan fingerprint density at radius 1 is 1.19 bits per heavy atom. The van der Waals surface area contributed by atoms with Crippen molar-refractivity contribution in [2.24, 2.45) is 5.73 Å². The van der Waals surface area contributed by atoms with Gasteiger partial charge in [-0.1, -0.05) is 23.7 Å². The van der Waals surface area contributed by atoms with Gasteiger partial charge in [-0.25, -0.2) is 4.39 Å². The molecule has 0 fully saturated rings. The summed E-state index contributed by atoms with van der Waals surface area (Å²) < 4.78 is 20.7. The molecule has 21 heavy (non-hydrogen) atoms. The number of halogens is 2. The fraction of sp³-hybridized carbons (Fsp3) is 0.125. The molecule has 0 spiro atoms. The molecule has 0 amide bonds. The Morgan fingerprint density at radius 3 is 2.76 bits per heavy atom. The maximum absolute atomic E-state index is 14.1. The first-order valence-electron chi connectivity index (χ1n) is 6.46. The van der Waals surface area contributed by atoms with Gasteiger partial charge in [0.1, 0.15) is 18.2 Å². The zero-order valence-corrected chi connectivity index (χ0v) is 12.7. The number of fused-ring (bicyclic) bond motifs is 1. The lowest BCUT2D eigenvalue weighted by molar-refractivity contribution is 0.307. The van der Waals surface area contributed by atoms with Crippen LogP contribution in [0, 0.1) is 5.82 Å². The summed E-state index contributed by atoms with van der Waals surface area (Å²) >= 11 is 7.43. The van der Waals surface area contributed by atoms with E-state index in [2.05, 4.69) is 0 Å². The Kier molecular flexibility index (Phi) is 4.10. The van der Waals surface area contributed by atoms with E-state index in [0.29, 0.717) is 22.7 Å². The number of hydrogen-bond acceptors (Lipinski definition) is 3. The minimum atomic E-state index is -0.242. The van der Waals surface area contributed by atoms with Crippen molar-refractivity contribution in [3.8, 4) is 5.75 Å². The van der Waals surface area contributed by atoms with Gasteiger partial charge in [-0.3, -0.25) is 0 Å². The summed E-state index contributed by atoms with van der Waals surface area (Å²) in [6, 6.07) is 12.2. The average Bonchev–Trinajstić information content (AvgIpc) is 2.84. The fourth-order valence-corrected chi connectivity index (χ4v) is 3.53. The number of nitrogens with two attached hydrogens (primary N) is 1. The highest BCUT2D eigenvalue weighted by Crippen LogP contribution is 2.34. The SMILES string of the molecule is NCc1sc2cccc(F)c2c1COc1cccc(Cl)c1. The predicted molar refractivity (Wildman–Crippen MR) is 85.5 cm³/mol. The van der Waals surface area contributed by atoms with Gasteiger partial charge in [0.15, 0.2) is 0 Å². The second-order valence-electron chi connectivity index (χ2n) is 4.57. The summed E-state index contributed by atoms with van der Waals surface area (Å²) in [6.07, 6.45) is 0. The lowest BCUT2D eigenvalue weighted by atomic mass is 10.1. The molecule has 1 heterocycles. The van der Waals surface area contributed by atoms with Crippen LogP contribution in [0.15, 0.2) is 42.5 Å². The predicted octanol–water partition coefficient (Wildman–Crippen LogP) is 4.73. The zero-order chi connectivity index (χ0) is 14.8. The summed E-state index contributed by atoms with van der Waals surface area (Å²) in [5.41, 5.74) is 6.58. The molecule has 5 heteroatoms. The van der Waals surface area contributed by atoms with E-state index < -0.39 is 0 Å². The van der Waals surface area contributed by atoms with E-state index in [1.54, 1.807) is 18.2 Å². The van der Waals surface area contributed by atoms with E-state index in [0.717, 1.165) is 15.1 Å². The molecular formula is C16H13ClFNOS. The Balaban J connectivity index is 1.96. The second kappa shape index (κ2) is 6.02. The summed E-state index contributed by atoms with van der Waals surface area (Å²) in [4.78, 5) is 0.942. The average molecular weight is 322 g/mol. The van der Waals surface area contributed by atoms with Crippen molar-refractivity contribution >= 4 is 33.0 Å². The van der Waals surface area contributed by atoms with Crippen molar-refractivity contribution < 1.29 is 9.13 Å². The third kappa shape index (κ3) is 2.88. The van der Waals surface area contributed by atoms with Crippen LogP contribution in [-0.4, -0.2) is 0 Å². The molecule has 3 rings (SSSR count). The number of benzene rings is 2. The van der Waals surface area contributed by atoms with Gasteiger partial charge in [0.2, 0.25) is 0 Å². The van der Waals surface area contributed by atoms with Crippen molar-refractivity contribution in [3.63, 3.8) is 0 Å². The van der Waals surface area contributed by atoms with Crippen LogP contribution in [0.25, 0.3) is 10.1 Å². The van der Waals surface area contributed by atoms with E-state index in [4.69, 9.17) is 22.1 Å². The Bertz CT molecular complexity index is 787. The van der Waals surface area contributed by atoms with Crippen LogP contribution in [0.2, 0.25) is 5.02 Å². The molecular weight excluding hydrogens is 309 g/mol. The first-order valence-corrected chi connectivity index (χ1v) is 7.65.